The van der Waals surface area contributed by atoms with E-state index < -0.39 is 0 Å². The molecule has 1 aliphatic rings. The van der Waals surface area contributed by atoms with Gasteiger partial charge < -0.3 is 5.73 Å². The van der Waals surface area contributed by atoms with Crippen LogP contribution in [0.1, 0.15) is 45.1 Å². The van der Waals surface area contributed by atoms with Crippen LogP contribution >= 0.6 is 0 Å². The van der Waals surface area contributed by atoms with E-state index in [-0.39, 0.29) is 11.6 Å². The fourth-order valence-corrected chi connectivity index (χ4v) is 3.72. The highest BCUT2D eigenvalue weighted by atomic mass is 15.2. The van der Waals surface area contributed by atoms with Gasteiger partial charge in [0.15, 0.2) is 0 Å². The second kappa shape index (κ2) is 6.49. The van der Waals surface area contributed by atoms with Gasteiger partial charge in [0.2, 0.25) is 0 Å². The topological polar surface area (TPSA) is 42.1 Å². The molecule has 3 heteroatoms. The lowest BCUT2D eigenvalue weighted by Gasteiger charge is -2.45. The molecule has 1 aromatic rings. The maximum Gasteiger partial charge on any atom is 0.0363 e. The molecule has 3 nitrogen and oxygen atoms in total. The van der Waals surface area contributed by atoms with E-state index in [1.165, 1.54) is 31.2 Å². The monoisotopic (exact) mass is 261 g/mol. The average Bonchev–Trinajstić information content (AvgIpc) is 2.92. The van der Waals surface area contributed by atoms with Crippen LogP contribution in [0.5, 0.6) is 0 Å². The van der Waals surface area contributed by atoms with Crippen molar-refractivity contribution in [3.63, 3.8) is 0 Å². The van der Waals surface area contributed by atoms with E-state index >= 15 is 0 Å². The molecule has 2 N–H and O–H groups in total. The summed E-state index contributed by atoms with van der Waals surface area (Å²) in [6, 6.07) is 4.34. The summed E-state index contributed by atoms with van der Waals surface area (Å²) in [5.41, 5.74) is 8.09. The first kappa shape index (κ1) is 14.5. The Balaban J connectivity index is 2.14. The van der Waals surface area contributed by atoms with Crippen molar-refractivity contribution in [2.75, 3.05) is 13.1 Å². The molecule has 1 aliphatic carbocycles. The van der Waals surface area contributed by atoms with Crippen LogP contribution in [-0.2, 0) is 6.42 Å². The lowest BCUT2D eigenvalue weighted by molar-refractivity contribution is 0.0771. The highest BCUT2D eigenvalue weighted by molar-refractivity contribution is 5.14. The van der Waals surface area contributed by atoms with Gasteiger partial charge in [-0.15, -0.1) is 0 Å². The standard InChI is InChI=1S/C16H27N3/c1-3-19(4-2)16(9-5-6-10-16)15(17)12-14-8-7-11-18-13-14/h7-8,11,13,15H,3-6,9-10,12,17H2,1-2H3. The van der Waals surface area contributed by atoms with Crippen LogP contribution in [0.2, 0.25) is 0 Å². The van der Waals surface area contributed by atoms with Gasteiger partial charge in [-0.05, 0) is 44.0 Å². The third-order valence-corrected chi connectivity index (χ3v) is 4.73. The summed E-state index contributed by atoms with van der Waals surface area (Å²) in [6.07, 6.45) is 9.83. The molecule has 0 bridgehead atoms. The normalized spacial score (nSPS) is 19.8. The summed E-state index contributed by atoms with van der Waals surface area (Å²) in [7, 11) is 0. The van der Waals surface area contributed by atoms with Crippen molar-refractivity contribution < 1.29 is 0 Å². The summed E-state index contributed by atoms with van der Waals surface area (Å²) < 4.78 is 0. The quantitative estimate of drug-likeness (QED) is 0.856. The molecule has 0 aliphatic heterocycles. The van der Waals surface area contributed by atoms with Gasteiger partial charge in [-0.3, -0.25) is 9.88 Å². The van der Waals surface area contributed by atoms with Crippen molar-refractivity contribution in [2.45, 2.75) is 57.5 Å². The number of nitrogens with two attached hydrogens (primary N) is 1. The number of rotatable bonds is 6. The van der Waals surface area contributed by atoms with Crippen molar-refractivity contribution in [2.24, 2.45) is 5.73 Å². The Hall–Kier alpha value is -0.930. The Morgan fingerprint density at radius 3 is 2.53 bits per heavy atom. The zero-order valence-electron chi connectivity index (χ0n) is 12.3. The molecule has 0 radical (unpaired) electrons. The first-order valence-corrected chi connectivity index (χ1v) is 7.62. The predicted octanol–water partition coefficient (Wildman–Crippen LogP) is 2.61. The van der Waals surface area contributed by atoms with Crippen LogP contribution in [0, 0.1) is 0 Å². The average molecular weight is 261 g/mol. The summed E-state index contributed by atoms with van der Waals surface area (Å²) in [5, 5.41) is 0. The molecule has 1 atom stereocenters. The Morgan fingerprint density at radius 1 is 1.32 bits per heavy atom. The zero-order valence-corrected chi connectivity index (χ0v) is 12.3. The second-order valence-electron chi connectivity index (χ2n) is 5.65. The van der Waals surface area contributed by atoms with Gasteiger partial charge in [-0.1, -0.05) is 32.8 Å². The molecule has 1 heterocycles. The van der Waals surface area contributed by atoms with Crippen molar-refractivity contribution in [1.82, 2.24) is 9.88 Å². The van der Waals surface area contributed by atoms with Gasteiger partial charge in [-0.25, -0.2) is 0 Å². The van der Waals surface area contributed by atoms with E-state index in [0.29, 0.717) is 0 Å². The number of hydrogen-bond donors (Lipinski definition) is 1. The zero-order chi connectivity index (χ0) is 13.7. The lowest BCUT2D eigenvalue weighted by Crippen LogP contribution is -2.59. The molecule has 0 saturated heterocycles. The maximum absolute atomic E-state index is 6.63. The van der Waals surface area contributed by atoms with Crippen LogP contribution in [0.3, 0.4) is 0 Å². The summed E-state index contributed by atoms with van der Waals surface area (Å²) >= 11 is 0. The number of aromatic nitrogens is 1. The smallest absolute Gasteiger partial charge is 0.0363 e. The molecule has 1 saturated carbocycles. The Bertz CT molecular complexity index is 367. The third kappa shape index (κ3) is 2.98. The van der Waals surface area contributed by atoms with Gasteiger partial charge >= 0.3 is 0 Å². The predicted molar refractivity (Wildman–Crippen MR) is 80.0 cm³/mol. The molecule has 0 amide bonds. The van der Waals surface area contributed by atoms with E-state index in [1.807, 2.05) is 18.5 Å². The molecule has 2 rings (SSSR count). The number of nitrogens with zero attached hydrogens (tertiary/aromatic N) is 2. The minimum absolute atomic E-state index is 0.207. The fourth-order valence-electron chi connectivity index (χ4n) is 3.72. The number of pyridine rings is 1. The number of likely N-dealkylation sites (N-methyl/N-ethyl adjacent to an activating group) is 1. The minimum atomic E-state index is 0.207. The third-order valence-electron chi connectivity index (χ3n) is 4.73. The maximum atomic E-state index is 6.63. The summed E-state index contributed by atoms with van der Waals surface area (Å²) in [5.74, 6) is 0. The van der Waals surface area contributed by atoms with Gasteiger partial charge in [0, 0.05) is 24.0 Å². The van der Waals surface area contributed by atoms with Gasteiger partial charge in [0.05, 0.1) is 0 Å². The van der Waals surface area contributed by atoms with Crippen LogP contribution in [0.15, 0.2) is 24.5 Å². The van der Waals surface area contributed by atoms with Gasteiger partial charge in [-0.2, -0.15) is 0 Å². The lowest BCUT2D eigenvalue weighted by atomic mass is 9.83. The molecular weight excluding hydrogens is 234 g/mol. The molecule has 106 valence electrons. The van der Waals surface area contributed by atoms with E-state index in [0.717, 1.165) is 19.5 Å². The first-order chi connectivity index (χ1) is 9.23. The minimum Gasteiger partial charge on any atom is -0.326 e. The molecule has 1 aromatic heterocycles. The van der Waals surface area contributed by atoms with E-state index in [2.05, 4.69) is 29.8 Å². The first-order valence-electron chi connectivity index (χ1n) is 7.62. The van der Waals surface area contributed by atoms with Crippen molar-refractivity contribution >= 4 is 0 Å². The van der Waals surface area contributed by atoms with E-state index in [1.54, 1.807) is 0 Å². The number of hydrogen-bond acceptors (Lipinski definition) is 3. The van der Waals surface area contributed by atoms with Crippen molar-refractivity contribution in [3.05, 3.63) is 30.1 Å². The largest absolute Gasteiger partial charge is 0.326 e. The van der Waals surface area contributed by atoms with Crippen LogP contribution < -0.4 is 5.73 Å². The highest BCUT2D eigenvalue weighted by Crippen LogP contribution is 2.38. The van der Waals surface area contributed by atoms with Gasteiger partial charge in [0.25, 0.3) is 0 Å². The van der Waals surface area contributed by atoms with Crippen LogP contribution in [-0.4, -0.2) is 34.6 Å². The van der Waals surface area contributed by atoms with Crippen molar-refractivity contribution in [3.8, 4) is 0 Å². The molecule has 1 fully saturated rings. The Kier molecular flexibility index (Phi) is 4.94. The second-order valence-corrected chi connectivity index (χ2v) is 5.65. The molecule has 0 aromatic carbocycles. The highest BCUT2D eigenvalue weighted by Gasteiger charge is 2.43. The fraction of sp³-hybridized carbons (Fsp3) is 0.688. The SMILES string of the molecule is CCN(CC)C1(C(N)Cc2cccnc2)CCCC1. The van der Waals surface area contributed by atoms with Crippen molar-refractivity contribution in [1.29, 1.82) is 0 Å². The van der Waals surface area contributed by atoms with E-state index in [4.69, 9.17) is 5.73 Å². The summed E-state index contributed by atoms with van der Waals surface area (Å²) in [4.78, 5) is 6.79. The summed E-state index contributed by atoms with van der Waals surface area (Å²) in [6.45, 7) is 6.69. The molecule has 1 unspecified atom stereocenters. The molecule has 0 spiro atoms. The van der Waals surface area contributed by atoms with Gasteiger partial charge in [0.1, 0.15) is 0 Å². The molecule has 19 heavy (non-hydrogen) atoms. The van der Waals surface area contributed by atoms with E-state index in [9.17, 15) is 0 Å². The Labute approximate surface area is 117 Å². The molecular formula is C16H27N3. The van der Waals surface area contributed by atoms with Crippen LogP contribution in [0.25, 0.3) is 0 Å². The Morgan fingerprint density at radius 2 is 2.00 bits per heavy atom. The van der Waals surface area contributed by atoms with Crippen LogP contribution in [0.4, 0.5) is 0 Å².